The van der Waals surface area contributed by atoms with Crippen molar-refractivity contribution in [3.63, 3.8) is 0 Å². The van der Waals surface area contributed by atoms with E-state index >= 15 is 0 Å². The Morgan fingerprint density at radius 2 is 1.83 bits per heavy atom. The number of hydrogen-bond donors (Lipinski definition) is 1. The van der Waals surface area contributed by atoms with Crippen molar-refractivity contribution in [3.05, 3.63) is 63.6 Å². The summed E-state index contributed by atoms with van der Waals surface area (Å²) in [6.45, 7) is 1.85. The summed E-state index contributed by atoms with van der Waals surface area (Å²) < 4.78 is 46.8. The van der Waals surface area contributed by atoms with E-state index in [1.54, 1.807) is 12.1 Å². The number of nitrogens with one attached hydrogen (secondary N) is 1. The lowest BCUT2D eigenvalue weighted by atomic mass is 10.1. The Balaban J connectivity index is 1.71. The van der Waals surface area contributed by atoms with Gasteiger partial charge in [0.25, 0.3) is 5.91 Å². The first-order chi connectivity index (χ1) is 13.7. The number of alkyl halides is 3. The summed E-state index contributed by atoms with van der Waals surface area (Å²) in [5.41, 5.74) is 0.956. The van der Waals surface area contributed by atoms with Gasteiger partial charge < -0.3 is 14.6 Å². The molecule has 10 heteroatoms. The summed E-state index contributed by atoms with van der Waals surface area (Å²) in [4.78, 5) is 16.7. The van der Waals surface area contributed by atoms with Crippen molar-refractivity contribution in [1.82, 2.24) is 15.5 Å². The third-order valence-electron chi connectivity index (χ3n) is 3.91. The van der Waals surface area contributed by atoms with Crippen LogP contribution in [0.15, 0.2) is 53.1 Å². The summed E-state index contributed by atoms with van der Waals surface area (Å²) in [5, 5.41) is 6.69. The lowest BCUT2D eigenvalue weighted by Gasteiger charge is -2.12. The third-order valence-corrected chi connectivity index (χ3v) is 4.63. The molecule has 0 aliphatic heterocycles. The molecule has 0 saturated carbocycles. The number of carbonyl (C=O) groups excluding carboxylic acids is 1. The van der Waals surface area contributed by atoms with Gasteiger partial charge in [-0.2, -0.15) is 4.98 Å². The molecule has 3 rings (SSSR count). The van der Waals surface area contributed by atoms with Crippen LogP contribution in [0.3, 0.4) is 0 Å². The van der Waals surface area contributed by atoms with E-state index in [0.29, 0.717) is 17.5 Å². The summed E-state index contributed by atoms with van der Waals surface area (Å²) in [6.07, 6.45) is -4.25. The van der Waals surface area contributed by atoms with E-state index in [2.05, 4.69) is 42.8 Å². The van der Waals surface area contributed by atoms with E-state index in [1.165, 1.54) is 12.1 Å². The topological polar surface area (TPSA) is 77.2 Å². The van der Waals surface area contributed by atoms with Crippen molar-refractivity contribution in [2.24, 2.45) is 0 Å². The zero-order chi connectivity index (χ0) is 21.0. The average Bonchev–Trinajstić information content (AvgIpc) is 3.15. The van der Waals surface area contributed by atoms with Crippen molar-refractivity contribution >= 4 is 28.5 Å². The van der Waals surface area contributed by atoms with Gasteiger partial charge >= 0.3 is 6.36 Å². The van der Waals surface area contributed by atoms with Crippen molar-refractivity contribution in [3.8, 4) is 17.1 Å². The lowest BCUT2D eigenvalue weighted by Crippen LogP contribution is -2.28. The van der Waals surface area contributed by atoms with Crippen LogP contribution < -0.4 is 10.1 Å². The van der Waals surface area contributed by atoms with Crippen LogP contribution in [0.25, 0.3) is 11.4 Å². The second-order valence-electron chi connectivity index (χ2n) is 5.97. The largest absolute Gasteiger partial charge is 0.573 e. The van der Waals surface area contributed by atoms with Gasteiger partial charge in [-0.25, -0.2) is 0 Å². The molecule has 0 fully saturated rings. The lowest BCUT2D eigenvalue weighted by molar-refractivity contribution is -0.274. The summed E-state index contributed by atoms with van der Waals surface area (Å²) in [7, 11) is 0. The van der Waals surface area contributed by atoms with Crippen LogP contribution in [0.2, 0.25) is 0 Å². The Hall–Kier alpha value is -2.63. The van der Waals surface area contributed by atoms with Crippen LogP contribution in [-0.4, -0.2) is 22.4 Å². The summed E-state index contributed by atoms with van der Waals surface area (Å²) in [5.74, 6) is -0.222. The summed E-state index contributed by atoms with van der Waals surface area (Å²) >= 11 is 2.15. The molecule has 1 atom stereocenters. The molecule has 0 aliphatic carbocycles. The van der Waals surface area contributed by atoms with Gasteiger partial charge in [-0.15, -0.1) is 13.2 Å². The number of ether oxygens (including phenoxy) is 1. The predicted octanol–water partition coefficient (Wildman–Crippen LogP) is 5.12. The minimum absolute atomic E-state index is 0.195. The smallest absolute Gasteiger partial charge is 0.406 e. The molecule has 3 aromatic rings. The number of amides is 1. The van der Waals surface area contributed by atoms with Crippen molar-refractivity contribution < 1.29 is 27.2 Å². The Morgan fingerprint density at radius 3 is 2.41 bits per heavy atom. The molecule has 6 nitrogen and oxygen atoms in total. The molecule has 29 heavy (non-hydrogen) atoms. The standard InChI is InChI=1S/C19H15F3IN3O3/c1-2-15(24-17(27)12-3-7-13(23)8-4-12)18-25-16(26-29-18)11-5-9-14(10-6-11)28-19(20,21)22/h3-10,15H,2H2,1H3,(H,24,27)/t15-/m0/s1. The van der Waals surface area contributed by atoms with E-state index in [9.17, 15) is 18.0 Å². The molecule has 0 saturated heterocycles. The van der Waals surface area contributed by atoms with Crippen LogP contribution in [-0.2, 0) is 0 Å². The monoisotopic (exact) mass is 517 g/mol. The minimum atomic E-state index is -4.76. The predicted molar refractivity (Wildman–Crippen MR) is 106 cm³/mol. The van der Waals surface area contributed by atoms with E-state index < -0.39 is 12.4 Å². The molecule has 2 aromatic carbocycles. The number of benzene rings is 2. The average molecular weight is 517 g/mol. The van der Waals surface area contributed by atoms with Gasteiger partial charge in [0.2, 0.25) is 11.7 Å². The first-order valence-electron chi connectivity index (χ1n) is 8.51. The van der Waals surface area contributed by atoms with Gasteiger partial charge in [-0.3, -0.25) is 4.79 Å². The SMILES string of the molecule is CC[C@H](NC(=O)c1ccc(I)cc1)c1nc(-c2ccc(OC(F)(F)F)cc2)no1. The Morgan fingerprint density at radius 1 is 1.17 bits per heavy atom. The Labute approximate surface area is 177 Å². The number of halogens is 4. The highest BCUT2D eigenvalue weighted by atomic mass is 127. The zero-order valence-corrected chi connectivity index (χ0v) is 17.2. The van der Waals surface area contributed by atoms with Gasteiger partial charge in [0.15, 0.2) is 0 Å². The number of nitrogens with zero attached hydrogens (tertiary/aromatic N) is 2. The second-order valence-corrected chi connectivity index (χ2v) is 7.22. The molecule has 0 spiro atoms. The van der Waals surface area contributed by atoms with Crippen molar-refractivity contribution in [2.45, 2.75) is 25.7 Å². The van der Waals surface area contributed by atoms with Crippen molar-refractivity contribution in [2.75, 3.05) is 0 Å². The van der Waals surface area contributed by atoms with Crippen LogP contribution in [0, 0.1) is 3.57 Å². The minimum Gasteiger partial charge on any atom is -0.406 e. The maximum Gasteiger partial charge on any atom is 0.573 e. The van der Waals surface area contributed by atoms with E-state index in [0.717, 1.165) is 15.7 Å². The molecular formula is C19H15F3IN3O3. The van der Waals surface area contributed by atoms with Gasteiger partial charge in [-0.05, 0) is 77.5 Å². The zero-order valence-electron chi connectivity index (χ0n) is 15.0. The molecule has 0 aliphatic rings. The van der Waals surface area contributed by atoms with Crippen LogP contribution in [0.1, 0.15) is 35.6 Å². The highest BCUT2D eigenvalue weighted by Gasteiger charge is 2.31. The van der Waals surface area contributed by atoms with Gasteiger partial charge in [-0.1, -0.05) is 12.1 Å². The second kappa shape index (κ2) is 8.80. The van der Waals surface area contributed by atoms with Crippen LogP contribution >= 0.6 is 22.6 Å². The molecule has 1 N–H and O–H groups in total. The number of carbonyl (C=O) groups is 1. The van der Waals surface area contributed by atoms with E-state index in [4.69, 9.17) is 4.52 Å². The first-order valence-corrected chi connectivity index (χ1v) is 9.59. The van der Waals surface area contributed by atoms with Gasteiger partial charge in [0.05, 0.1) is 0 Å². The number of aromatic nitrogens is 2. The molecule has 0 unspecified atom stereocenters. The number of hydrogen-bond acceptors (Lipinski definition) is 5. The maximum atomic E-state index is 12.4. The fraction of sp³-hybridized carbons (Fsp3) is 0.211. The highest BCUT2D eigenvalue weighted by Crippen LogP contribution is 2.26. The van der Waals surface area contributed by atoms with E-state index in [-0.39, 0.29) is 23.4 Å². The normalized spacial score (nSPS) is 12.4. The highest BCUT2D eigenvalue weighted by molar-refractivity contribution is 14.1. The molecular weight excluding hydrogens is 502 g/mol. The van der Waals surface area contributed by atoms with Crippen LogP contribution in [0.5, 0.6) is 5.75 Å². The van der Waals surface area contributed by atoms with E-state index in [1.807, 2.05) is 19.1 Å². The summed E-state index contributed by atoms with van der Waals surface area (Å²) in [6, 6.07) is 11.7. The Kier molecular flexibility index (Phi) is 6.40. The molecule has 0 bridgehead atoms. The third kappa shape index (κ3) is 5.68. The molecule has 152 valence electrons. The molecule has 1 heterocycles. The Bertz CT molecular complexity index is 973. The molecule has 1 amide bonds. The van der Waals surface area contributed by atoms with Crippen molar-refractivity contribution in [1.29, 1.82) is 0 Å². The van der Waals surface area contributed by atoms with Gasteiger partial charge in [0.1, 0.15) is 11.8 Å². The van der Waals surface area contributed by atoms with Crippen LogP contribution in [0.4, 0.5) is 13.2 Å². The molecule has 0 radical (unpaired) electrons. The number of rotatable bonds is 6. The quantitative estimate of drug-likeness (QED) is 0.460. The fourth-order valence-electron chi connectivity index (χ4n) is 2.48. The first kappa shape index (κ1) is 21.1. The van der Waals surface area contributed by atoms with Gasteiger partial charge in [0, 0.05) is 14.7 Å². The fourth-order valence-corrected chi connectivity index (χ4v) is 2.84. The molecule has 1 aromatic heterocycles. The maximum absolute atomic E-state index is 12.4.